The van der Waals surface area contributed by atoms with Gasteiger partial charge in [0.1, 0.15) is 5.75 Å². The molecule has 0 atom stereocenters. The highest BCUT2D eigenvalue weighted by molar-refractivity contribution is 5.42. The van der Waals surface area contributed by atoms with Gasteiger partial charge in [-0.2, -0.15) is 0 Å². The Labute approximate surface area is 72.6 Å². The monoisotopic (exact) mass is 163 g/mol. The molecular formula is C10H13NO. The molecular weight excluding hydrogens is 150 g/mol. The van der Waals surface area contributed by atoms with Gasteiger partial charge in [0, 0.05) is 23.0 Å². The zero-order chi connectivity index (χ0) is 8.55. The Kier molecular flexibility index (Phi) is 1.75. The summed E-state index contributed by atoms with van der Waals surface area (Å²) in [6.45, 7) is 4.96. The Balaban J connectivity index is 2.54. The van der Waals surface area contributed by atoms with Gasteiger partial charge in [0.15, 0.2) is 0 Å². The van der Waals surface area contributed by atoms with E-state index >= 15 is 0 Å². The maximum absolute atomic E-state index is 5.60. The molecule has 0 spiro atoms. The maximum atomic E-state index is 5.60. The molecule has 0 saturated carbocycles. The fourth-order valence-corrected chi connectivity index (χ4v) is 1.55. The van der Waals surface area contributed by atoms with Crippen LogP contribution in [0.25, 0.3) is 0 Å². The Morgan fingerprint density at radius 1 is 1.42 bits per heavy atom. The van der Waals surface area contributed by atoms with E-state index in [1.54, 1.807) is 0 Å². The quantitative estimate of drug-likeness (QED) is 0.583. The number of ether oxygens (including phenoxy) is 1. The fourth-order valence-electron chi connectivity index (χ4n) is 1.55. The van der Waals surface area contributed by atoms with Crippen LogP contribution in [0.5, 0.6) is 5.75 Å². The van der Waals surface area contributed by atoms with Crippen molar-refractivity contribution in [2.24, 2.45) is 0 Å². The van der Waals surface area contributed by atoms with Gasteiger partial charge in [-0.05, 0) is 26.7 Å². The van der Waals surface area contributed by atoms with Gasteiger partial charge >= 0.3 is 0 Å². The topological polar surface area (TPSA) is 22.1 Å². The first kappa shape index (κ1) is 7.59. The van der Waals surface area contributed by atoms with Crippen LogP contribution in [0.15, 0.2) is 6.20 Å². The number of hydrogen-bond donors (Lipinski definition) is 0. The summed E-state index contributed by atoms with van der Waals surface area (Å²) in [4.78, 5) is 4.31. The number of rotatable bonds is 0. The number of aromatic nitrogens is 1. The highest BCUT2D eigenvalue weighted by Crippen LogP contribution is 2.28. The number of aryl methyl sites for hydroxylation is 2. The molecule has 0 unspecified atom stereocenters. The van der Waals surface area contributed by atoms with E-state index in [1.165, 1.54) is 11.1 Å². The molecule has 1 aromatic rings. The molecule has 1 aliphatic rings. The molecule has 0 amide bonds. The smallest absolute Gasteiger partial charge is 0.128 e. The van der Waals surface area contributed by atoms with Crippen LogP contribution in [0, 0.1) is 13.8 Å². The van der Waals surface area contributed by atoms with E-state index < -0.39 is 0 Å². The first-order chi connectivity index (χ1) is 5.79. The lowest BCUT2D eigenvalue weighted by molar-refractivity contribution is 0.285. The molecule has 0 fully saturated rings. The molecule has 1 aliphatic heterocycles. The van der Waals surface area contributed by atoms with Gasteiger partial charge in [0.05, 0.1) is 6.61 Å². The van der Waals surface area contributed by atoms with Crippen molar-refractivity contribution in [2.45, 2.75) is 26.7 Å². The summed E-state index contributed by atoms with van der Waals surface area (Å²) < 4.78 is 5.60. The zero-order valence-corrected chi connectivity index (χ0v) is 7.55. The number of fused-ring (bicyclic) bond motifs is 1. The van der Waals surface area contributed by atoms with Crippen LogP contribution >= 0.6 is 0 Å². The van der Waals surface area contributed by atoms with E-state index in [0.717, 1.165) is 30.9 Å². The predicted octanol–water partition coefficient (Wildman–Crippen LogP) is 2.02. The molecule has 2 heterocycles. The van der Waals surface area contributed by atoms with E-state index in [2.05, 4.69) is 11.9 Å². The lowest BCUT2D eigenvalue weighted by Crippen LogP contribution is -2.10. The molecule has 2 rings (SSSR count). The molecule has 0 radical (unpaired) electrons. The molecule has 0 bridgehead atoms. The minimum Gasteiger partial charge on any atom is -0.493 e. The summed E-state index contributed by atoms with van der Waals surface area (Å²) >= 11 is 0. The predicted molar refractivity (Wildman–Crippen MR) is 47.5 cm³/mol. The molecule has 64 valence electrons. The second-order valence-corrected chi connectivity index (χ2v) is 3.27. The average molecular weight is 163 g/mol. The lowest BCUT2D eigenvalue weighted by Gasteiger charge is -2.19. The van der Waals surface area contributed by atoms with Crippen LogP contribution in [-0.4, -0.2) is 11.6 Å². The SMILES string of the molecule is Cc1ncc2c(c1C)OCCC2. The second kappa shape index (κ2) is 2.77. The van der Waals surface area contributed by atoms with Gasteiger partial charge in [0.25, 0.3) is 0 Å². The van der Waals surface area contributed by atoms with Gasteiger partial charge in [-0.25, -0.2) is 0 Å². The Morgan fingerprint density at radius 2 is 2.25 bits per heavy atom. The highest BCUT2D eigenvalue weighted by Gasteiger charge is 2.13. The summed E-state index contributed by atoms with van der Waals surface area (Å²) in [5.41, 5.74) is 3.55. The van der Waals surface area contributed by atoms with Crippen molar-refractivity contribution >= 4 is 0 Å². The minimum absolute atomic E-state index is 0.858. The molecule has 12 heavy (non-hydrogen) atoms. The summed E-state index contributed by atoms with van der Waals surface area (Å²) in [5, 5.41) is 0. The Morgan fingerprint density at radius 3 is 3.08 bits per heavy atom. The summed E-state index contributed by atoms with van der Waals surface area (Å²) in [7, 11) is 0. The molecule has 1 aromatic heterocycles. The van der Waals surface area contributed by atoms with Gasteiger partial charge in [-0.15, -0.1) is 0 Å². The van der Waals surface area contributed by atoms with E-state index in [4.69, 9.17) is 4.74 Å². The third-order valence-corrected chi connectivity index (χ3v) is 2.43. The second-order valence-electron chi connectivity index (χ2n) is 3.27. The summed E-state index contributed by atoms with van der Waals surface area (Å²) in [6, 6.07) is 0. The fraction of sp³-hybridized carbons (Fsp3) is 0.500. The van der Waals surface area contributed by atoms with Crippen LogP contribution in [-0.2, 0) is 6.42 Å². The van der Waals surface area contributed by atoms with Gasteiger partial charge in [0.2, 0.25) is 0 Å². The molecule has 2 heteroatoms. The molecule has 0 N–H and O–H groups in total. The van der Waals surface area contributed by atoms with Crippen molar-refractivity contribution in [1.29, 1.82) is 0 Å². The summed E-state index contributed by atoms with van der Waals surface area (Å²) in [5.74, 6) is 1.08. The standard InChI is InChI=1S/C10H13NO/c1-7-8(2)11-6-9-4-3-5-12-10(7)9/h6H,3-5H2,1-2H3. The highest BCUT2D eigenvalue weighted by atomic mass is 16.5. The van der Waals surface area contributed by atoms with Crippen molar-refractivity contribution in [1.82, 2.24) is 4.98 Å². The van der Waals surface area contributed by atoms with Crippen LogP contribution in [0.2, 0.25) is 0 Å². The average Bonchev–Trinajstić information content (AvgIpc) is 2.12. The summed E-state index contributed by atoms with van der Waals surface area (Å²) in [6.07, 6.45) is 4.18. The normalized spacial score (nSPS) is 15.2. The van der Waals surface area contributed by atoms with Gasteiger partial charge < -0.3 is 4.74 Å². The Bertz CT molecular complexity index is 307. The Hall–Kier alpha value is -1.05. The first-order valence-electron chi connectivity index (χ1n) is 4.37. The molecule has 0 saturated heterocycles. The molecule has 0 aliphatic carbocycles. The molecule has 0 aromatic carbocycles. The van der Waals surface area contributed by atoms with Gasteiger partial charge in [-0.1, -0.05) is 0 Å². The van der Waals surface area contributed by atoms with Crippen molar-refractivity contribution in [3.05, 3.63) is 23.0 Å². The third kappa shape index (κ3) is 1.07. The van der Waals surface area contributed by atoms with Crippen LogP contribution in [0.3, 0.4) is 0 Å². The largest absolute Gasteiger partial charge is 0.493 e. The zero-order valence-electron chi connectivity index (χ0n) is 7.55. The van der Waals surface area contributed by atoms with Gasteiger partial charge in [-0.3, -0.25) is 4.98 Å². The first-order valence-corrected chi connectivity index (χ1v) is 4.37. The van der Waals surface area contributed by atoms with Crippen LogP contribution in [0.4, 0.5) is 0 Å². The van der Waals surface area contributed by atoms with E-state index in [1.807, 2.05) is 13.1 Å². The maximum Gasteiger partial charge on any atom is 0.128 e. The van der Waals surface area contributed by atoms with Crippen molar-refractivity contribution in [3.63, 3.8) is 0 Å². The van der Waals surface area contributed by atoms with E-state index in [-0.39, 0.29) is 0 Å². The van der Waals surface area contributed by atoms with Crippen molar-refractivity contribution in [2.75, 3.05) is 6.61 Å². The molecule has 2 nitrogen and oxygen atoms in total. The van der Waals surface area contributed by atoms with E-state index in [9.17, 15) is 0 Å². The van der Waals surface area contributed by atoms with E-state index in [0.29, 0.717) is 0 Å². The number of nitrogens with zero attached hydrogens (tertiary/aromatic N) is 1. The van der Waals surface area contributed by atoms with Crippen molar-refractivity contribution < 1.29 is 4.74 Å². The minimum atomic E-state index is 0.858. The van der Waals surface area contributed by atoms with Crippen LogP contribution < -0.4 is 4.74 Å². The number of pyridine rings is 1. The number of hydrogen-bond acceptors (Lipinski definition) is 2. The van der Waals surface area contributed by atoms with Crippen molar-refractivity contribution in [3.8, 4) is 5.75 Å². The lowest BCUT2D eigenvalue weighted by atomic mass is 10.0. The third-order valence-electron chi connectivity index (χ3n) is 2.43. The van der Waals surface area contributed by atoms with Crippen LogP contribution in [0.1, 0.15) is 23.2 Å².